The van der Waals surface area contributed by atoms with Crippen LogP contribution >= 0.6 is 0 Å². The molecule has 0 saturated heterocycles. The van der Waals surface area contributed by atoms with Gasteiger partial charge < -0.3 is 4.74 Å². The van der Waals surface area contributed by atoms with Crippen LogP contribution in [0.1, 0.15) is 11.7 Å². The van der Waals surface area contributed by atoms with Crippen molar-refractivity contribution in [3.63, 3.8) is 0 Å². The van der Waals surface area contributed by atoms with Gasteiger partial charge in [0, 0.05) is 12.0 Å². The molecular weight excluding hydrogens is 263 g/mol. The summed E-state index contributed by atoms with van der Waals surface area (Å²) >= 11 is 0. The number of hydrogen-bond acceptors (Lipinski definition) is 4. The number of hydrogen-bond donors (Lipinski definition) is 0. The third kappa shape index (κ3) is 2.93. The van der Waals surface area contributed by atoms with Crippen molar-refractivity contribution in [3.05, 3.63) is 52.9 Å². The minimum Gasteiger partial charge on any atom is -0.376 e. The van der Waals surface area contributed by atoms with Gasteiger partial charge in [0.2, 0.25) is 0 Å². The SMILES string of the molecule is CO[C@H](c1ccc(-n2cncn2)cc1)[C@@H](CF)N=[N+]=[N-]. The fraction of sp³-hybridized carbons (Fsp3) is 0.333. The summed E-state index contributed by atoms with van der Waals surface area (Å²) in [7, 11) is 1.45. The normalized spacial score (nSPS) is 13.5. The highest BCUT2D eigenvalue weighted by molar-refractivity contribution is 5.34. The van der Waals surface area contributed by atoms with Gasteiger partial charge >= 0.3 is 0 Å². The molecule has 2 rings (SSSR count). The van der Waals surface area contributed by atoms with Crippen molar-refractivity contribution in [3.8, 4) is 5.69 Å². The second kappa shape index (κ2) is 6.65. The quantitative estimate of drug-likeness (QED) is 0.461. The van der Waals surface area contributed by atoms with Crippen LogP contribution < -0.4 is 0 Å². The molecule has 8 heteroatoms. The highest BCUT2D eigenvalue weighted by Crippen LogP contribution is 2.24. The first-order valence-electron chi connectivity index (χ1n) is 5.88. The molecule has 20 heavy (non-hydrogen) atoms. The van der Waals surface area contributed by atoms with Gasteiger partial charge in [0.25, 0.3) is 0 Å². The molecule has 0 radical (unpaired) electrons. The van der Waals surface area contributed by atoms with E-state index < -0.39 is 18.8 Å². The number of alkyl halides is 1. The highest BCUT2D eigenvalue weighted by atomic mass is 19.1. The maximum atomic E-state index is 12.9. The van der Waals surface area contributed by atoms with E-state index in [9.17, 15) is 4.39 Å². The summed E-state index contributed by atoms with van der Waals surface area (Å²) in [5.41, 5.74) is 9.99. The molecule has 1 aromatic heterocycles. The van der Waals surface area contributed by atoms with Crippen molar-refractivity contribution in [1.29, 1.82) is 0 Å². The summed E-state index contributed by atoms with van der Waals surface area (Å²) in [4.78, 5) is 6.50. The number of rotatable bonds is 6. The smallest absolute Gasteiger partial charge is 0.138 e. The molecule has 0 aliphatic carbocycles. The number of aromatic nitrogens is 3. The van der Waals surface area contributed by atoms with Crippen LogP contribution in [0.15, 0.2) is 42.0 Å². The monoisotopic (exact) mass is 276 g/mol. The van der Waals surface area contributed by atoms with E-state index in [4.69, 9.17) is 10.3 Å². The second-order valence-corrected chi connectivity index (χ2v) is 4.01. The number of nitrogens with zero attached hydrogens (tertiary/aromatic N) is 6. The van der Waals surface area contributed by atoms with E-state index in [1.54, 1.807) is 35.3 Å². The van der Waals surface area contributed by atoms with Crippen LogP contribution in [0.2, 0.25) is 0 Å². The largest absolute Gasteiger partial charge is 0.376 e. The molecule has 7 nitrogen and oxygen atoms in total. The number of halogens is 1. The van der Waals surface area contributed by atoms with Gasteiger partial charge in [0.05, 0.1) is 17.8 Å². The van der Waals surface area contributed by atoms with Crippen LogP contribution in [0.25, 0.3) is 16.1 Å². The Morgan fingerprint density at radius 1 is 1.45 bits per heavy atom. The number of ether oxygens (including phenoxy) is 1. The standard InChI is InChI=1S/C12H13FN6O/c1-20-12(11(6-13)17-18-14)9-2-4-10(5-3-9)19-8-15-7-16-19/h2-5,7-8,11-12H,6H2,1H3/t11-,12-/m1/s1. The van der Waals surface area contributed by atoms with Gasteiger partial charge in [0.15, 0.2) is 0 Å². The third-order valence-corrected chi connectivity index (χ3v) is 2.87. The lowest BCUT2D eigenvalue weighted by molar-refractivity contribution is 0.0722. The van der Waals surface area contributed by atoms with Crippen LogP contribution in [-0.4, -0.2) is 34.6 Å². The Balaban J connectivity index is 2.25. The zero-order valence-electron chi connectivity index (χ0n) is 10.8. The average Bonchev–Trinajstić information content (AvgIpc) is 3.02. The van der Waals surface area contributed by atoms with E-state index in [2.05, 4.69) is 20.1 Å². The molecule has 2 atom stereocenters. The van der Waals surface area contributed by atoms with Gasteiger partial charge in [-0.3, -0.25) is 4.39 Å². The van der Waals surface area contributed by atoms with Crippen LogP contribution in [0.5, 0.6) is 0 Å². The molecule has 0 aliphatic heterocycles. The first-order chi connectivity index (χ1) is 9.80. The van der Waals surface area contributed by atoms with E-state index in [-0.39, 0.29) is 0 Å². The molecule has 2 aromatic rings. The molecule has 0 spiro atoms. The predicted octanol–water partition coefficient (Wildman–Crippen LogP) is 2.60. The van der Waals surface area contributed by atoms with Crippen molar-refractivity contribution in [1.82, 2.24) is 14.8 Å². The molecular formula is C12H13FN6O. The molecule has 1 aromatic carbocycles. The Morgan fingerprint density at radius 3 is 2.70 bits per heavy atom. The van der Waals surface area contributed by atoms with E-state index in [0.29, 0.717) is 0 Å². The molecule has 0 saturated carbocycles. The zero-order chi connectivity index (χ0) is 14.4. The van der Waals surface area contributed by atoms with E-state index >= 15 is 0 Å². The van der Waals surface area contributed by atoms with Crippen LogP contribution in [-0.2, 0) is 4.74 Å². The maximum absolute atomic E-state index is 12.9. The molecule has 0 unspecified atom stereocenters. The molecule has 1 heterocycles. The highest BCUT2D eigenvalue weighted by Gasteiger charge is 2.22. The number of benzene rings is 1. The number of azide groups is 1. The van der Waals surface area contributed by atoms with Crippen molar-refractivity contribution >= 4 is 0 Å². The minimum absolute atomic E-state index is 0.624. The molecule has 0 amide bonds. The Labute approximate surface area is 114 Å². The summed E-state index contributed by atoms with van der Waals surface area (Å²) in [6.07, 6.45) is 2.39. The van der Waals surface area contributed by atoms with Crippen molar-refractivity contribution in [2.24, 2.45) is 5.11 Å². The molecule has 0 aliphatic rings. The fourth-order valence-electron chi connectivity index (χ4n) is 1.91. The van der Waals surface area contributed by atoms with E-state index in [1.165, 1.54) is 13.4 Å². The second-order valence-electron chi connectivity index (χ2n) is 4.01. The average molecular weight is 276 g/mol. The molecule has 0 N–H and O–H groups in total. The van der Waals surface area contributed by atoms with Gasteiger partial charge in [-0.25, -0.2) is 9.67 Å². The van der Waals surface area contributed by atoms with E-state index in [0.717, 1.165) is 11.3 Å². The Hall–Kier alpha value is -2.44. The first kappa shape index (κ1) is 14.0. The maximum Gasteiger partial charge on any atom is 0.138 e. The summed E-state index contributed by atoms with van der Waals surface area (Å²) in [6.45, 7) is -0.784. The summed E-state index contributed by atoms with van der Waals surface area (Å²) in [6, 6.07) is 6.28. The van der Waals surface area contributed by atoms with Crippen LogP contribution in [0.4, 0.5) is 4.39 Å². The van der Waals surface area contributed by atoms with Crippen LogP contribution in [0.3, 0.4) is 0 Å². The zero-order valence-corrected chi connectivity index (χ0v) is 10.8. The third-order valence-electron chi connectivity index (χ3n) is 2.87. The summed E-state index contributed by atoms with van der Waals surface area (Å²) in [5, 5.41) is 7.43. The van der Waals surface area contributed by atoms with Gasteiger partial charge in [-0.15, -0.1) is 0 Å². The lowest BCUT2D eigenvalue weighted by Gasteiger charge is -2.20. The fourth-order valence-corrected chi connectivity index (χ4v) is 1.91. The number of methoxy groups -OCH3 is 1. The Kier molecular flexibility index (Phi) is 4.65. The lowest BCUT2D eigenvalue weighted by atomic mass is 10.0. The Bertz CT molecular complexity index is 579. The van der Waals surface area contributed by atoms with Gasteiger partial charge in [-0.2, -0.15) is 5.10 Å². The predicted molar refractivity (Wildman–Crippen MR) is 70.0 cm³/mol. The Morgan fingerprint density at radius 2 is 2.20 bits per heavy atom. The van der Waals surface area contributed by atoms with Crippen molar-refractivity contribution in [2.75, 3.05) is 13.8 Å². The van der Waals surface area contributed by atoms with E-state index in [1.807, 2.05) is 0 Å². The summed E-state index contributed by atoms with van der Waals surface area (Å²) < 4.78 is 19.7. The first-order valence-corrected chi connectivity index (χ1v) is 5.88. The lowest BCUT2D eigenvalue weighted by Crippen LogP contribution is -2.20. The molecule has 0 bridgehead atoms. The topological polar surface area (TPSA) is 88.7 Å². The minimum atomic E-state index is -0.887. The van der Waals surface area contributed by atoms with Gasteiger partial charge in [-0.05, 0) is 23.2 Å². The summed E-state index contributed by atoms with van der Waals surface area (Å²) in [5.74, 6) is 0. The van der Waals surface area contributed by atoms with Gasteiger partial charge in [0.1, 0.15) is 19.3 Å². The van der Waals surface area contributed by atoms with Crippen LogP contribution in [0, 0.1) is 0 Å². The van der Waals surface area contributed by atoms with Gasteiger partial charge in [-0.1, -0.05) is 17.2 Å². The molecule has 104 valence electrons. The van der Waals surface area contributed by atoms with Crippen molar-refractivity contribution in [2.45, 2.75) is 12.1 Å². The van der Waals surface area contributed by atoms with Crippen molar-refractivity contribution < 1.29 is 9.13 Å². The molecule has 0 fully saturated rings.